The molecule has 2 aliphatic heterocycles. The second-order valence-corrected chi connectivity index (χ2v) is 6.65. The quantitative estimate of drug-likeness (QED) is 0.832. The molecule has 6 heteroatoms. The fourth-order valence-electron chi connectivity index (χ4n) is 3.01. The minimum Gasteiger partial charge on any atom is -0.508 e. The van der Waals surface area contributed by atoms with Crippen molar-refractivity contribution in [2.24, 2.45) is 0 Å². The average molecular weight is 326 g/mol. The van der Waals surface area contributed by atoms with E-state index in [0.29, 0.717) is 17.0 Å². The standard InChI is InChI=1S/C17H14N2O3S/c20-11-7-5-10(6-8-11)18-15(21)14-9-23-17-13-4-2-1-3-12(13)16(22)19(14)17/h1-8,14,17,20H,9H2,(H,18,21)/t14-,17?/m0/s1. The number of amides is 2. The van der Waals surface area contributed by atoms with E-state index in [9.17, 15) is 14.7 Å². The van der Waals surface area contributed by atoms with E-state index >= 15 is 0 Å². The second kappa shape index (κ2) is 5.31. The van der Waals surface area contributed by atoms with Crippen molar-refractivity contribution < 1.29 is 14.7 Å². The number of carbonyl (C=O) groups is 2. The summed E-state index contributed by atoms with van der Waals surface area (Å²) in [6.45, 7) is 0. The third kappa shape index (κ3) is 2.26. The molecule has 0 spiro atoms. The zero-order chi connectivity index (χ0) is 16.0. The summed E-state index contributed by atoms with van der Waals surface area (Å²) in [4.78, 5) is 26.8. The fraction of sp³-hybridized carbons (Fsp3) is 0.176. The number of carbonyl (C=O) groups excluding carboxylic acids is 2. The highest BCUT2D eigenvalue weighted by Gasteiger charge is 2.48. The third-order valence-electron chi connectivity index (χ3n) is 4.13. The number of anilines is 1. The molecule has 1 unspecified atom stereocenters. The number of hydrogen-bond donors (Lipinski definition) is 2. The highest BCUT2D eigenvalue weighted by molar-refractivity contribution is 7.99. The minimum absolute atomic E-state index is 0.0748. The molecule has 0 saturated carbocycles. The maximum absolute atomic E-state index is 12.6. The second-order valence-electron chi connectivity index (χ2n) is 5.54. The van der Waals surface area contributed by atoms with Gasteiger partial charge < -0.3 is 15.3 Å². The molecular formula is C17H14N2O3S. The van der Waals surface area contributed by atoms with E-state index in [2.05, 4.69) is 5.32 Å². The molecule has 2 aromatic rings. The van der Waals surface area contributed by atoms with Crippen LogP contribution < -0.4 is 5.32 Å². The first-order chi connectivity index (χ1) is 11.1. The number of rotatable bonds is 2. The molecule has 1 saturated heterocycles. The van der Waals surface area contributed by atoms with Gasteiger partial charge >= 0.3 is 0 Å². The molecular weight excluding hydrogens is 312 g/mol. The van der Waals surface area contributed by atoms with Gasteiger partial charge in [-0.05, 0) is 35.9 Å². The average Bonchev–Trinajstić information content (AvgIpc) is 3.11. The summed E-state index contributed by atoms with van der Waals surface area (Å²) in [6.07, 6.45) is 0. The lowest BCUT2D eigenvalue weighted by molar-refractivity contribution is -0.119. The van der Waals surface area contributed by atoms with Crippen molar-refractivity contribution >= 4 is 29.3 Å². The van der Waals surface area contributed by atoms with Crippen molar-refractivity contribution in [3.05, 3.63) is 59.7 Å². The number of nitrogens with zero attached hydrogens (tertiary/aromatic N) is 1. The predicted molar refractivity (Wildman–Crippen MR) is 88.3 cm³/mol. The number of fused-ring (bicyclic) bond motifs is 3. The van der Waals surface area contributed by atoms with Gasteiger partial charge in [0.1, 0.15) is 17.2 Å². The molecule has 2 atom stereocenters. The first-order valence-corrected chi connectivity index (χ1v) is 8.33. The molecule has 2 heterocycles. The molecule has 2 aromatic carbocycles. The van der Waals surface area contributed by atoms with Gasteiger partial charge in [0.15, 0.2) is 0 Å². The number of thioether (sulfide) groups is 1. The summed E-state index contributed by atoms with van der Waals surface area (Å²) >= 11 is 1.61. The summed E-state index contributed by atoms with van der Waals surface area (Å²) in [5.41, 5.74) is 2.28. The van der Waals surface area contributed by atoms with Crippen LogP contribution >= 0.6 is 11.8 Å². The van der Waals surface area contributed by atoms with Crippen molar-refractivity contribution in [2.45, 2.75) is 11.4 Å². The van der Waals surface area contributed by atoms with E-state index in [-0.39, 0.29) is 22.9 Å². The number of phenolic OH excluding ortho intramolecular Hbond substituents is 1. The Morgan fingerprint density at radius 2 is 1.91 bits per heavy atom. The van der Waals surface area contributed by atoms with E-state index in [0.717, 1.165) is 5.56 Å². The van der Waals surface area contributed by atoms with Crippen LogP contribution in [0.15, 0.2) is 48.5 Å². The van der Waals surface area contributed by atoms with Gasteiger partial charge in [0.05, 0.1) is 0 Å². The van der Waals surface area contributed by atoms with Crippen LogP contribution in [0.3, 0.4) is 0 Å². The van der Waals surface area contributed by atoms with Gasteiger partial charge in [0, 0.05) is 17.0 Å². The van der Waals surface area contributed by atoms with Gasteiger partial charge in [-0.1, -0.05) is 18.2 Å². The Balaban J connectivity index is 1.56. The largest absolute Gasteiger partial charge is 0.508 e. The van der Waals surface area contributed by atoms with Crippen LogP contribution in [0, 0.1) is 0 Å². The highest BCUT2D eigenvalue weighted by Crippen LogP contribution is 2.48. The first kappa shape index (κ1) is 14.1. The van der Waals surface area contributed by atoms with E-state index in [1.54, 1.807) is 28.8 Å². The number of benzene rings is 2. The Hall–Kier alpha value is -2.47. The van der Waals surface area contributed by atoms with Gasteiger partial charge in [-0.3, -0.25) is 9.59 Å². The van der Waals surface area contributed by atoms with Crippen molar-refractivity contribution in [1.29, 1.82) is 0 Å². The zero-order valence-corrected chi connectivity index (χ0v) is 12.9. The lowest BCUT2D eigenvalue weighted by Crippen LogP contribution is -2.42. The van der Waals surface area contributed by atoms with Crippen LogP contribution in [0.1, 0.15) is 21.3 Å². The SMILES string of the molecule is O=C(Nc1ccc(O)cc1)[C@@H]1CSC2c3ccccc3C(=O)N21. The summed E-state index contributed by atoms with van der Waals surface area (Å²) in [7, 11) is 0. The molecule has 2 amide bonds. The van der Waals surface area contributed by atoms with Crippen LogP contribution in [0.5, 0.6) is 5.75 Å². The normalized spacial score (nSPS) is 21.9. The number of nitrogens with one attached hydrogen (secondary N) is 1. The fourth-order valence-corrected chi connectivity index (χ4v) is 4.48. The lowest BCUT2D eigenvalue weighted by atomic mass is 10.1. The van der Waals surface area contributed by atoms with E-state index in [1.807, 2.05) is 24.3 Å². The molecule has 0 aliphatic carbocycles. The molecule has 4 rings (SSSR count). The van der Waals surface area contributed by atoms with E-state index < -0.39 is 6.04 Å². The van der Waals surface area contributed by atoms with Crippen molar-refractivity contribution in [1.82, 2.24) is 4.90 Å². The molecule has 0 bridgehead atoms. The number of hydrogen-bond acceptors (Lipinski definition) is 4. The smallest absolute Gasteiger partial charge is 0.256 e. The van der Waals surface area contributed by atoms with Crippen LogP contribution in [-0.2, 0) is 4.79 Å². The summed E-state index contributed by atoms with van der Waals surface area (Å²) in [5, 5.41) is 12.0. The first-order valence-electron chi connectivity index (χ1n) is 7.28. The monoisotopic (exact) mass is 326 g/mol. The van der Waals surface area contributed by atoms with Crippen molar-refractivity contribution in [2.75, 3.05) is 11.1 Å². The molecule has 23 heavy (non-hydrogen) atoms. The summed E-state index contributed by atoms with van der Waals surface area (Å²) in [5.74, 6) is 0.437. The van der Waals surface area contributed by atoms with Gasteiger partial charge in [-0.15, -0.1) is 11.8 Å². The Labute approximate surface area is 137 Å². The lowest BCUT2D eigenvalue weighted by Gasteiger charge is -2.22. The molecule has 5 nitrogen and oxygen atoms in total. The Kier molecular flexibility index (Phi) is 3.27. The highest BCUT2D eigenvalue weighted by atomic mass is 32.2. The number of aromatic hydroxyl groups is 1. The Morgan fingerprint density at radius 1 is 1.17 bits per heavy atom. The van der Waals surface area contributed by atoms with Gasteiger partial charge in [-0.25, -0.2) is 0 Å². The van der Waals surface area contributed by atoms with Crippen LogP contribution in [0.2, 0.25) is 0 Å². The maximum Gasteiger partial charge on any atom is 0.256 e. The third-order valence-corrected chi connectivity index (χ3v) is 5.43. The molecule has 1 fully saturated rings. The zero-order valence-electron chi connectivity index (χ0n) is 12.1. The molecule has 116 valence electrons. The molecule has 0 radical (unpaired) electrons. The van der Waals surface area contributed by atoms with Crippen LogP contribution in [0.4, 0.5) is 5.69 Å². The Bertz CT molecular complexity index is 791. The topological polar surface area (TPSA) is 69.6 Å². The van der Waals surface area contributed by atoms with Gasteiger partial charge in [0.2, 0.25) is 5.91 Å². The molecule has 0 aromatic heterocycles. The number of phenols is 1. The minimum atomic E-state index is -0.487. The van der Waals surface area contributed by atoms with E-state index in [1.165, 1.54) is 12.1 Å². The maximum atomic E-state index is 12.6. The molecule has 2 N–H and O–H groups in total. The van der Waals surface area contributed by atoms with Gasteiger partial charge in [-0.2, -0.15) is 0 Å². The van der Waals surface area contributed by atoms with E-state index in [4.69, 9.17) is 0 Å². The van der Waals surface area contributed by atoms with Crippen LogP contribution in [-0.4, -0.2) is 33.6 Å². The summed E-state index contributed by atoms with van der Waals surface area (Å²) < 4.78 is 0. The van der Waals surface area contributed by atoms with Gasteiger partial charge in [0.25, 0.3) is 5.91 Å². The predicted octanol–water partition coefficient (Wildman–Crippen LogP) is 2.60. The van der Waals surface area contributed by atoms with Crippen LogP contribution in [0.25, 0.3) is 0 Å². The van der Waals surface area contributed by atoms with Crippen molar-refractivity contribution in [3.63, 3.8) is 0 Å². The molecule has 2 aliphatic rings. The summed E-state index contributed by atoms with van der Waals surface area (Å²) in [6, 6.07) is 13.3. The van der Waals surface area contributed by atoms with Crippen molar-refractivity contribution in [3.8, 4) is 5.75 Å². The Morgan fingerprint density at radius 3 is 2.70 bits per heavy atom.